The third-order valence-electron chi connectivity index (χ3n) is 3.56. The number of hydrogen-bond donors (Lipinski definition) is 3. The van der Waals surface area contributed by atoms with Crippen LogP contribution in [-0.4, -0.2) is 40.9 Å². The van der Waals surface area contributed by atoms with E-state index in [1.807, 2.05) is 0 Å². The molecule has 0 radical (unpaired) electrons. The Hall–Kier alpha value is -2.39. The molecule has 0 saturated carbocycles. The highest BCUT2D eigenvalue weighted by Crippen LogP contribution is 2.27. The van der Waals surface area contributed by atoms with E-state index in [0.717, 1.165) is 0 Å². The van der Waals surface area contributed by atoms with E-state index in [0.29, 0.717) is 12.0 Å². The van der Waals surface area contributed by atoms with E-state index in [-0.39, 0.29) is 13.2 Å². The van der Waals surface area contributed by atoms with Crippen molar-refractivity contribution in [2.45, 2.75) is 31.7 Å². The lowest BCUT2D eigenvalue weighted by Gasteiger charge is -2.17. The maximum Gasteiger partial charge on any atom is 0.407 e. The molecule has 0 spiro atoms. The molecule has 1 amide bonds. The summed E-state index contributed by atoms with van der Waals surface area (Å²) < 4.78 is 11.9. The molecule has 23 heavy (non-hydrogen) atoms. The summed E-state index contributed by atoms with van der Waals surface area (Å²) in [5.41, 5.74) is 5.03. The van der Waals surface area contributed by atoms with Crippen LogP contribution in [0.2, 0.25) is 0 Å². The number of nitrogens with one attached hydrogen (secondary N) is 2. The number of aryl methyl sites for hydroxylation is 1. The number of nitrogens with zero attached hydrogens (tertiary/aromatic N) is 1. The Labute approximate surface area is 132 Å². The molecule has 0 aliphatic carbocycles. The van der Waals surface area contributed by atoms with Crippen molar-refractivity contribution in [3.8, 4) is 0 Å². The van der Waals surface area contributed by atoms with Gasteiger partial charge in [0.15, 0.2) is 0 Å². The first-order valence-corrected chi connectivity index (χ1v) is 7.18. The van der Waals surface area contributed by atoms with Crippen molar-refractivity contribution in [3.05, 3.63) is 45.3 Å². The van der Waals surface area contributed by atoms with Crippen LogP contribution in [0.15, 0.2) is 28.4 Å². The zero-order valence-electron chi connectivity index (χ0n) is 12.8. The quantitative estimate of drug-likeness (QED) is 0.619. The molecule has 9 nitrogen and oxygen atoms in total. The van der Waals surface area contributed by atoms with E-state index in [4.69, 9.17) is 15.2 Å². The van der Waals surface area contributed by atoms with Crippen LogP contribution in [-0.2, 0) is 9.47 Å². The van der Waals surface area contributed by atoms with Gasteiger partial charge in [0.1, 0.15) is 12.8 Å². The van der Waals surface area contributed by atoms with Crippen molar-refractivity contribution < 1.29 is 14.3 Å². The third kappa shape index (κ3) is 3.88. The highest BCUT2D eigenvalue weighted by Gasteiger charge is 2.37. The Morgan fingerprint density at radius 3 is 3.04 bits per heavy atom. The second kappa shape index (κ2) is 7.25. The molecule has 3 atom stereocenters. The van der Waals surface area contributed by atoms with E-state index in [1.165, 1.54) is 16.8 Å². The molecule has 0 aromatic carbocycles. The monoisotopic (exact) mass is 324 g/mol. The molecule has 2 heterocycles. The van der Waals surface area contributed by atoms with Crippen LogP contribution in [0.25, 0.3) is 0 Å². The van der Waals surface area contributed by atoms with Gasteiger partial charge in [0.2, 0.25) is 0 Å². The number of alkyl carbamates (subject to hydrolysis) is 1. The molecule has 1 aromatic heterocycles. The lowest BCUT2D eigenvalue weighted by Crippen LogP contribution is -2.43. The lowest BCUT2D eigenvalue weighted by atomic mass is 10.1. The fourth-order valence-electron chi connectivity index (χ4n) is 2.40. The van der Waals surface area contributed by atoms with Gasteiger partial charge < -0.3 is 20.5 Å². The zero-order valence-corrected chi connectivity index (χ0v) is 12.8. The van der Waals surface area contributed by atoms with Crippen LogP contribution in [0, 0.1) is 6.92 Å². The number of carbonyl (C=O) groups excluding carboxylic acids is 1. The van der Waals surface area contributed by atoms with Crippen molar-refractivity contribution in [2.75, 3.05) is 13.2 Å². The standard InChI is InChI=1S/C14H20N4O5/c1-3-4-22-14(21)16-9-5-11(23-10(9)6-15)18-7-8(2)12(19)17-13(18)20/h3,7,9-11H,1,4-6,15H2,2H3,(H,16,21)(H,17,19,20)/t9-,10+,11+/m0/s1. The van der Waals surface area contributed by atoms with Crippen molar-refractivity contribution in [2.24, 2.45) is 5.73 Å². The predicted molar refractivity (Wildman–Crippen MR) is 82.1 cm³/mol. The molecule has 1 aliphatic rings. The Kier molecular flexibility index (Phi) is 5.35. The number of hydrogen-bond acceptors (Lipinski definition) is 6. The lowest BCUT2D eigenvalue weighted by molar-refractivity contribution is -0.0000420. The molecule has 0 unspecified atom stereocenters. The fraction of sp³-hybridized carbons (Fsp3) is 0.500. The predicted octanol–water partition coefficient (Wildman–Crippen LogP) is -0.628. The van der Waals surface area contributed by atoms with E-state index in [2.05, 4.69) is 16.9 Å². The molecule has 126 valence electrons. The second-order valence-electron chi connectivity index (χ2n) is 5.22. The molecule has 9 heteroatoms. The summed E-state index contributed by atoms with van der Waals surface area (Å²) in [6.07, 6.45) is 1.51. The van der Waals surface area contributed by atoms with Gasteiger partial charge in [-0.2, -0.15) is 0 Å². The van der Waals surface area contributed by atoms with Crippen LogP contribution in [0.4, 0.5) is 4.79 Å². The first-order valence-electron chi connectivity index (χ1n) is 7.18. The number of H-pyrrole nitrogens is 1. The number of nitrogens with two attached hydrogens (primary N) is 1. The summed E-state index contributed by atoms with van der Waals surface area (Å²) >= 11 is 0. The number of carbonyl (C=O) groups is 1. The summed E-state index contributed by atoms with van der Waals surface area (Å²) in [6.45, 7) is 5.30. The maximum absolute atomic E-state index is 11.9. The second-order valence-corrected chi connectivity index (χ2v) is 5.22. The van der Waals surface area contributed by atoms with Gasteiger partial charge >= 0.3 is 11.8 Å². The summed E-state index contributed by atoms with van der Waals surface area (Å²) in [4.78, 5) is 37.2. The van der Waals surface area contributed by atoms with Crippen molar-refractivity contribution in [3.63, 3.8) is 0 Å². The minimum Gasteiger partial charge on any atom is -0.445 e. The van der Waals surface area contributed by atoms with Gasteiger partial charge in [0.25, 0.3) is 5.56 Å². The Morgan fingerprint density at radius 1 is 1.65 bits per heavy atom. The van der Waals surface area contributed by atoms with Crippen molar-refractivity contribution in [1.82, 2.24) is 14.9 Å². The SMILES string of the molecule is C=CCOC(=O)N[C@H]1C[C@H](n2cc(C)c(=O)[nH]c2=O)O[C@@H]1CN. The highest BCUT2D eigenvalue weighted by molar-refractivity contribution is 5.67. The van der Waals surface area contributed by atoms with Crippen LogP contribution < -0.4 is 22.3 Å². The van der Waals surface area contributed by atoms with E-state index >= 15 is 0 Å². The normalized spacial score (nSPS) is 23.5. The van der Waals surface area contributed by atoms with E-state index < -0.39 is 35.7 Å². The number of rotatable bonds is 5. The van der Waals surface area contributed by atoms with Crippen LogP contribution in [0.1, 0.15) is 18.2 Å². The topological polar surface area (TPSA) is 128 Å². The zero-order chi connectivity index (χ0) is 17.0. The molecular formula is C14H20N4O5. The molecule has 1 aliphatic heterocycles. The summed E-state index contributed by atoms with van der Waals surface area (Å²) in [5.74, 6) is 0. The fourth-order valence-corrected chi connectivity index (χ4v) is 2.40. The maximum atomic E-state index is 11.9. The van der Waals surface area contributed by atoms with Gasteiger partial charge in [-0.25, -0.2) is 9.59 Å². The first kappa shape index (κ1) is 17.0. The Balaban J connectivity index is 2.14. The summed E-state index contributed by atoms with van der Waals surface area (Å²) in [7, 11) is 0. The molecule has 0 bridgehead atoms. The van der Waals surface area contributed by atoms with Gasteiger partial charge in [-0.1, -0.05) is 12.7 Å². The van der Waals surface area contributed by atoms with Crippen LogP contribution in [0.3, 0.4) is 0 Å². The molecule has 4 N–H and O–H groups in total. The highest BCUT2D eigenvalue weighted by atomic mass is 16.6. The number of aromatic amines is 1. The summed E-state index contributed by atoms with van der Waals surface area (Å²) in [6, 6.07) is -0.401. The van der Waals surface area contributed by atoms with Gasteiger partial charge in [-0.15, -0.1) is 0 Å². The number of amides is 1. The average molecular weight is 324 g/mol. The molecule has 1 saturated heterocycles. The van der Waals surface area contributed by atoms with Crippen LogP contribution >= 0.6 is 0 Å². The Bertz CT molecular complexity index is 695. The summed E-state index contributed by atoms with van der Waals surface area (Å²) in [5, 5.41) is 2.66. The first-order chi connectivity index (χ1) is 11.0. The van der Waals surface area contributed by atoms with Crippen LogP contribution in [0.5, 0.6) is 0 Å². The number of aromatic nitrogens is 2. The van der Waals surface area contributed by atoms with Gasteiger partial charge in [0, 0.05) is 24.7 Å². The molecular weight excluding hydrogens is 304 g/mol. The minimum atomic E-state index is -0.628. The molecule has 1 fully saturated rings. The van der Waals surface area contributed by atoms with Gasteiger partial charge in [0.05, 0.1) is 12.1 Å². The Morgan fingerprint density at radius 2 is 2.39 bits per heavy atom. The average Bonchev–Trinajstić information content (AvgIpc) is 2.91. The third-order valence-corrected chi connectivity index (χ3v) is 3.56. The van der Waals surface area contributed by atoms with E-state index in [1.54, 1.807) is 6.92 Å². The largest absolute Gasteiger partial charge is 0.445 e. The van der Waals surface area contributed by atoms with E-state index in [9.17, 15) is 14.4 Å². The van der Waals surface area contributed by atoms with Crippen molar-refractivity contribution >= 4 is 6.09 Å². The smallest absolute Gasteiger partial charge is 0.407 e. The van der Waals surface area contributed by atoms with Gasteiger partial charge in [-0.3, -0.25) is 14.3 Å². The minimum absolute atomic E-state index is 0.0920. The molecule has 1 aromatic rings. The van der Waals surface area contributed by atoms with Gasteiger partial charge in [-0.05, 0) is 6.92 Å². The molecule has 2 rings (SSSR count). The van der Waals surface area contributed by atoms with Crippen molar-refractivity contribution in [1.29, 1.82) is 0 Å². The number of ether oxygens (including phenoxy) is 2.